The smallest absolute Gasteiger partial charge is 0.340 e. The van der Waals surface area contributed by atoms with Crippen LogP contribution in [0.1, 0.15) is 17.3 Å². The number of fused-ring (bicyclic) bond motifs is 1. The van der Waals surface area contributed by atoms with E-state index < -0.39 is 12.1 Å². The highest BCUT2D eigenvalue weighted by Gasteiger charge is 2.17. The van der Waals surface area contributed by atoms with E-state index in [1.54, 1.807) is 18.2 Å². The van der Waals surface area contributed by atoms with Gasteiger partial charge in [-0.3, -0.25) is 0 Å². The van der Waals surface area contributed by atoms with Gasteiger partial charge in [-0.15, -0.1) is 0 Å². The van der Waals surface area contributed by atoms with E-state index in [2.05, 4.69) is 4.98 Å². The van der Waals surface area contributed by atoms with Crippen LogP contribution in [0.25, 0.3) is 22.2 Å². The number of benzene rings is 2. The second-order valence-electron chi connectivity index (χ2n) is 5.26. The van der Waals surface area contributed by atoms with Gasteiger partial charge in [0.25, 0.3) is 0 Å². The van der Waals surface area contributed by atoms with Crippen LogP contribution in [-0.2, 0) is 4.74 Å². The lowest BCUT2D eigenvalue weighted by molar-refractivity contribution is 0.0438. The Balaban J connectivity index is 2.14. The molecule has 0 unspecified atom stereocenters. The van der Waals surface area contributed by atoms with E-state index in [9.17, 15) is 4.79 Å². The predicted molar refractivity (Wildman–Crippen MR) is 92.7 cm³/mol. The van der Waals surface area contributed by atoms with Crippen molar-refractivity contribution in [1.82, 2.24) is 4.98 Å². The number of pyridine rings is 1. The van der Waals surface area contributed by atoms with Crippen molar-refractivity contribution in [1.29, 1.82) is 5.26 Å². The number of ether oxygens (including phenoxy) is 1. The van der Waals surface area contributed by atoms with Crippen LogP contribution >= 0.6 is 11.6 Å². The van der Waals surface area contributed by atoms with Crippen LogP contribution in [0, 0.1) is 11.3 Å². The third-order valence-electron chi connectivity index (χ3n) is 3.54. The van der Waals surface area contributed by atoms with Crippen molar-refractivity contribution in [3.63, 3.8) is 0 Å². The number of nitriles is 1. The first-order chi connectivity index (χ1) is 11.6. The summed E-state index contributed by atoms with van der Waals surface area (Å²) in [5, 5.41) is 10.2. The first-order valence-electron chi connectivity index (χ1n) is 7.35. The van der Waals surface area contributed by atoms with Gasteiger partial charge >= 0.3 is 5.97 Å². The highest BCUT2D eigenvalue weighted by Crippen LogP contribution is 2.26. The molecule has 24 heavy (non-hydrogen) atoms. The third kappa shape index (κ3) is 3.22. The number of hydrogen-bond acceptors (Lipinski definition) is 4. The number of hydrogen-bond donors (Lipinski definition) is 0. The second-order valence-corrected chi connectivity index (χ2v) is 5.69. The summed E-state index contributed by atoms with van der Waals surface area (Å²) in [6.45, 7) is 1.53. The molecule has 0 radical (unpaired) electrons. The van der Waals surface area contributed by atoms with Crippen molar-refractivity contribution in [3.05, 3.63) is 65.2 Å². The fourth-order valence-electron chi connectivity index (χ4n) is 2.36. The number of aromatic nitrogens is 1. The zero-order valence-electron chi connectivity index (χ0n) is 12.9. The molecule has 0 saturated carbocycles. The van der Waals surface area contributed by atoms with Crippen molar-refractivity contribution in [3.8, 4) is 17.3 Å². The standard InChI is InChI=1S/C19H13ClN2O2/c1-12(11-21)24-19(23)16-10-18(13-6-8-14(20)9-7-13)22-17-5-3-2-4-15(16)17/h2-10,12H,1H3/t12-/m1/s1. The SMILES string of the molecule is C[C@H](C#N)OC(=O)c1cc(-c2ccc(Cl)cc2)nc2ccccc12. The fourth-order valence-corrected chi connectivity index (χ4v) is 2.49. The molecule has 2 aromatic carbocycles. The Kier molecular flexibility index (Phi) is 4.45. The lowest BCUT2D eigenvalue weighted by Crippen LogP contribution is -2.14. The largest absolute Gasteiger partial charge is 0.444 e. The van der Waals surface area contributed by atoms with Crippen molar-refractivity contribution in [2.75, 3.05) is 0 Å². The molecular formula is C19H13ClN2O2. The molecule has 1 atom stereocenters. The van der Waals surface area contributed by atoms with Gasteiger partial charge in [-0.05, 0) is 31.2 Å². The molecule has 0 amide bonds. The topological polar surface area (TPSA) is 63.0 Å². The lowest BCUT2D eigenvalue weighted by atomic mass is 10.0. The fraction of sp³-hybridized carbons (Fsp3) is 0.105. The number of carbonyl (C=O) groups excluding carboxylic acids is 1. The molecule has 1 heterocycles. The summed E-state index contributed by atoms with van der Waals surface area (Å²) in [6.07, 6.45) is -0.816. The Hall–Kier alpha value is -2.90. The van der Waals surface area contributed by atoms with E-state index in [1.165, 1.54) is 6.92 Å². The minimum atomic E-state index is -0.816. The quantitative estimate of drug-likeness (QED) is 0.654. The number of esters is 1. The predicted octanol–water partition coefficient (Wildman–Crippen LogP) is 4.62. The number of nitrogens with zero attached hydrogens (tertiary/aromatic N) is 2. The van der Waals surface area contributed by atoms with Crippen LogP contribution < -0.4 is 0 Å². The van der Waals surface area contributed by atoms with Crippen LogP contribution in [-0.4, -0.2) is 17.1 Å². The van der Waals surface area contributed by atoms with Gasteiger partial charge in [0.2, 0.25) is 0 Å². The van der Waals surface area contributed by atoms with Gasteiger partial charge in [-0.2, -0.15) is 5.26 Å². The van der Waals surface area contributed by atoms with E-state index in [1.807, 2.05) is 42.5 Å². The Morgan fingerprint density at radius 3 is 2.62 bits per heavy atom. The minimum Gasteiger partial charge on any atom is -0.444 e. The molecule has 3 aromatic rings. The van der Waals surface area contributed by atoms with Crippen molar-refractivity contribution >= 4 is 28.5 Å². The molecule has 0 aliphatic rings. The highest BCUT2D eigenvalue weighted by atomic mass is 35.5. The van der Waals surface area contributed by atoms with E-state index in [0.29, 0.717) is 27.2 Å². The summed E-state index contributed by atoms with van der Waals surface area (Å²) < 4.78 is 5.15. The molecule has 0 spiro atoms. The Labute approximate surface area is 144 Å². The Bertz CT molecular complexity index is 946. The van der Waals surface area contributed by atoms with E-state index in [0.717, 1.165) is 5.56 Å². The van der Waals surface area contributed by atoms with Crippen molar-refractivity contribution in [2.24, 2.45) is 0 Å². The molecule has 0 aliphatic carbocycles. The first-order valence-corrected chi connectivity index (χ1v) is 7.72. The van der Waals surface area contributed by atoms with Crippen LogP contribution in [0.15, 0.2) is 54.6 Å². The van der Waals surface area contributed by atoms with E-state index in [-0.39, 0.29) is 0 Å². The summed E-state index contributed by atoms with van der Waals surface area (Å²) in [5.41, 5.74) is 2.55. The van der Waals surface area contributed by atoms with Crippen LogP contribution in [0.5, 0.6) is 0 Å². The van der Waals surface area contributed by atoms with Gasteiger partial charge in [-0.25, -0.2) is 9.78 Å². The molecule has 0 aliphatic heterocycles. The monoisotopic (exact) mass is 336 g/mol. The van der Waals surface area contributed by atoms with E-state index >= 15 is 0 Å². The molecule has 4 nitrogen and oxygen atoms in total. The van der Waals surface area contributed by atoms with Gasteiger partial charge in [0, 0.05) is 16.0 Å². The van der Waals surface area contributed by atoms with E-state index in [4.69, 9.17) is 21.6 Å². The normalized spacial score (nSPS) is 11.7. The van der Waals surface area contributed by atoms with Crippen LogP contribution in [0.3, 0.4) is 0 Å². The maximum absolute atomic E-state index is 12.4. The molecule has 0 N–H and O–H groups in total. The van der Waals surface area contributed by atoms with Gasteiger partial charge in [0.05, 0.1) is 16.8 Å². The third-order valence-corrected chi connectivity index (χ3v) is 3.79. The van der Waals surface area contributed by atoms with Gasteiger partial charge in [0.15, 0.2) is 6.10 Å². The number of rotatable bonds is 3. The zero-order valence-corrected chi connectivity index (χ0v) is 13.6. The Morgan fingerprint density at radius 1 is 1.21 bits per heavy atom. The summed E-state index contributed by atoms with van der Waals surface area (Å²) in [5.74, 6) is -0.544. The second kappa shape index (κ2) is 6.69. The average molecular weight is 337 g/mol. The molecule has 3 rings (SSSR count). The molecule has 118 valence electrons. The first kappa shape index (κ1) is 16.0. The summed E-state index contributed by atoms with van der Waals surface area (Å²) in [6, 6.07) is 18.1. The molecule has 0 saturated heterocycles. The van der Waals surface area contributed by atoms with Crippen molar-refractivity contribution < 1.29 is 9.53 Å². The van der Waals surface area contributed by atoms with Crippen LogP contribution in [0.4, 0.5) is 0 Å². The number of para-hydroxylation sites is 1. The van der Waals surface area contributed by atoms with Crippen molar-refractivity contribution in [2.45, 2.75) is 13.0 Å². The summed E-state index contributed by atoms with van der Waals surface area (Å²) in [4.78, 5) is 17.0. The summed E-state index contributed by atoms with van der Waals surface area (Å²) in [7, 11) is 0. The molecule has 5 heteroatoms. The molecule has 0 bridgehead atoms. The van der Waals surface area contributed by atoms with Gasteiger partial charge < -0.3 is 4.74 Å². The number of carbonyl (C=O) groups is 1. The average Bonchev–Trinajstić information content (AvgIpc) is 2.61. The summed E-state index contributed by atoms with van der Waals surface area (Å²) >= 11 is 5.92. The van der Waals surface area contributed by atoms with Gasteiger partial charge in [-0.1, -0.05) is 41.9 Å². The maximum atomic E-state index is 12.4. The van der Waals surface area contributed by atoms with Crippen LogP contribution in [0.2, 0.25) is 5.02 Å². The lowest BCUT2D eigenvalue weighted by Gasteiger charge is -2.11. The highest BCUT2D eigenvalue weighted by molar-refractivity contribution is 6.30. The molecule has 0 fully saturated rings. The Morgan fingerprint density at radius 2 is 1.92 bits per heavy atom. The maximum Gasteiger partial charge on any atom is 0.340 e. The minimum absolute atomic E-state index is 0.382. The molecule has 1 aromatic heterocycles. The number of halogens is 1. The molecular weight excluding hydrogens is 324 g/mol. The zero-order chi connectivity index (χ0) is 17.1. The van der Waals surface area contributed by atoms with Gasteiger partial charge in [0.1, 0.15) is 6.07 Å².